The van der Waals surface area contributed by atoms with Gasteiger partial charge in [-0.2, -0.15) is 0 Å². The lowest BCUT2D eigenvalue weighted by Crippen LogP contribution is -2.22. The van der Waals surface area contributed by atoms with Crippen molar-refractivity contribution in [3.8, 4) is 0 Å². The third-order valence-corrected chi connectivity index (χ3v) is 12.6. The first kappa shape index (κ1) is 43.0. The highest BCUT2D eigenvalue weighted by Gasteiger charge is 2.37. The molecule has 6 aromatic rings. The number of rotatable bonds is 14. The molecule has 4 aromatic carbocycles. The van der Waals surface area contributed by atoms with Crippen molar-refractivity contribution in [2.45, 2.75) is 20.3 Å². The van der Waals surface area contributed by atoms with Gasteiger partial charge in [0.05, 0.1) is 33.9 Å². The van der Waals surface area contributed by atoms with E-state index >= 15 is 8.78 Å². The van der Waals surface area contributed by atoms with Gasteiger partial charge in [-0.15, -0.1) is 11.8 Å². The number of ketones is 2. The molecule has 2 heterocycles. The molecule has 2 N–H and O–H groups in total. The normalized spacial score (nSPS) is 12.7. The zero-order valence-electron chi connectivity index (χ0n) is 28.9. The van der Waals surface area contributed by atoms with Crippen molar-refractivity contribution in [2.75, 3.05) is 9.44 Å². The lowest BCUT2D eigenvalue weighted by molar-refractivity contribution is 0.0983. The maximum atomic E-state index is 16.2. The molecule has 0 amide bonds. The highest BCUT2D eigenvalue weighted by molar-refractivity contribution is 8.01. The number of carbonyl (C=O) groups is 2. The second-order valence-electron chi connectivity index (χ2n) is 11.8. The largest absolute Gasteiger partial charge is 0.292 e. The molecule has 2 unspecified atom stereocenters. The van der Waals surface area contributed by atoms with Crippen LogP contribution in [0.5, 0.6) is 0 Å². The summed E-state index contributed by atoms with van der Waals surface area (Å²) in [5.41, 5.74) is -4.08. The maximum Gasteiger partial charge on any atom is 0.267 e. The van der Waals surface area contributed by atoms with Crippen LogP contribution in [0.1, 0.15) is 42.6 Å². The van der Waals surface area contributed by atoms with Crippen LogP contribution in [-0.4, -0.2) is 48.3 Å². The van der Waals surface area contributed by atoms with Crippen molar-refractivity contribution in [3.63, 3.8) is 0 Å². The van der Waals surface area contributed by atoms with Gasteiger partial charge in [0.2, 0.25) is 10.6 Å². The van der Waals surface area contributed by atoms with Crippen LogP contribution in [0.2, 0.25) is 10.6 Å². The Morgan fingerprint density at radius 1 is 0.542 bits per heavy atom. The van der Waals surface area contributed by atoms with Crippen LogP contribution in [-0.2, 0) is 20.0 Å². The lowest BCUT2D eigenvalue weighted by atomic mass is 10.0. The number of benzene rings is 4. The first-order valence-corrected chi connectivity index (χ1v) is 20.8. The molecule has 0 bridgehead atoms. The van der Waals surface area contributed by atoms with E-state index in [0.717, 1.165) is 73.1 Å². The Kier molecular flexibility index (Phi) is 12.6. The number of Topliss-reactive ketones (excluding diaryl/α,β-unsaturated/α-hetero) is 2. The molecule has 304 valence electrons. The smallest absolute Gasteiger partial charge is 0.267 e. The average Bonchev–Trinajstić information content (AvgIpc) is 3.16. The molecule has 0 saturated heterocycles. The highest BCUT2D eigenvalue weighted by atomic mass is 35.5. The highest BCUT2D eigenvalue weighted by Crippen LogP contribution is 2.45. The van der Waals surface area contributed by atoms with Gasteiger partial charge >= 0.3 is 0 Å². The SMILES string of the molecule is O=C(c1cccc(NS(=O)(=O)c2c(F)cccc2F)c1F)C(SC(C(=O)c1cccc(NS(=O)(=O)c2c(F)cccc2F)c1F)c1ccnc(Cl)n1)c1ccnc(Cl)n1. The summed E-state index contributed by atoms with van der Waals surface area (Å²) in [6.07, 6.45) is 2.20. The Morgan fingerprint density at radius 3 is 1.22 bits per heavy atom. The molecule has 0 saturated carbocycles. The number of carbonyl (C=O) groups excluding carboxylic acids is 2. The number of nitrogens with one attached hydrogen (secondary N) is 2. The molecule has 23 heteroatoms. The Balaban J connectivity index is 1.42. The predicted octanol–water partition coefficient (Wildman–Crippen LogP) is 8.29. The number of sulfonamides is 2. The van der Waals surface area contributed by atoms with Crippen molar-refractivity contribution in [1.29, 1.82) is 0 Å². The maximum absolute atomic E-state index is 16.2. The molecule has 0 spiro atoms. The minimum absolute atomic E-state index is 0.273. The van der Waals surface area contributed by atoms with Crippen LogP contribution in [0.3, 0.4) is 0 Å². The Hall–Kier alpha value is -5.61. The first-order valence-electron chi connectivity index (χ1n) is 16.1. The summed E-state index contributed by atoms with van der Waals surface area (Å²) in [4.78, 5) is 41.4. The summed E-state index contributed by atoms with van der Waals surface area (Å²) in [6, 6.07) is 12.3. The van der Waals surface area contributed by atoms with Crippen LogP contribution in [0.4, 0.5) is 37.7 Å². The van der Waals surface area contributed by atoms with E-state index in [1.54, 1.807) is 9.44 Å². The number of hydrogen-bond acceptors (Lipinski definition) is 11. The molecular weight excluding hydrogens is 894 g/mol. The molecule has 0 aliphatic rings. The standard InChI is InChI=1S/C36H20Cl2F6N6O6S3/c37-35-45-15-13-25(47-35)31(29(51)17-5-1-11-23(27(17)43)49-58(53,54)33-19(39)7-3-8-20(33)40)57-32(26-14-16-46-36(38)48-26)30(52)18-6-2-12-24(28(18)44)50-59(55,56)34-21(41)9-4-10-22(34)42/h1-16,31-32,49-50H. The van der Waals surface area contributed by atoms with Gasteiger partial charge in [0.1, 0.15) is 33.8 Å². The summed E-state index contributed by atoms with van der Waals surface area (Å²) in [5, 5.41) is -4.48. The Labute approximate surface area is 344 Å². The van der Waals surface area contributed by atoms with E-state index in [9.17, 15) is 44.0 Å². The van der Waals surface area contributed by atoms with E-state index in [1.165, 1.54) is 0 Å². The second-order valence-corrected chi connectivity index (χ2v) is 16.9. The van der Waals surface area contributed by atoms with Gasteiger partial charge in [-0.1, -0.05) is 24.3 Å². The van der Waals surface area contributed by atoms with Gasteiger partial charge < -0.3 is 0 Å². The number of thioether (sulfide) groups is 1. The third-order valence-electron chi connectivity index (χ3n) is 7.97. The van der Waals surface area contributed by atoms with Crippen molar-refractivity contribution in [2.24, 2.45) is 0 Å². The number of halogens is 8. The quantitative estimate of drug-likeness (QED) is 0.0611. The van der Waals surface area contributed by atoms with Crippen LogP contribution in [0.15, 0.2) is 107 Å². The van der Waals surface area contributed by atoms with Gasteiger partial charge in [0.15, 0.2) is 33.0 Å². The topological polar surface area (TPSA) is 178 Å². The number of nitrogens with zero attached hydrogens (tertiary/aromatic N) is 4. The van der Waals surface area contributed by atoms with Crippen LogP contribution in [0.25, 0.3) is 0 Å². The first-order chi connectivity index (χ1) is 27.9. The molecule has 12 nitrogen and oxygen atoms in total. The van der Waals surface area contributed by atoms with Gasteiger partial charge in [-0.05, 0) is 83.9 Å². The van der Waals surface area contributed by atoms with Crippen LogP contribution < -0.4 is 9.44 Å². The summed E-state index contributed by atoms with van der Waals surface area (Å²) in [7, 11) is -10.3. The predicted molar refractivity (Wildman–Crippen MR) is 203 cm³/mol. The van der Waals surface area contributed by atoms with Crippen molar-refractivity contribution >= 4 is 78.0 Å². The number of aromatic nitrogens is 4. The fraction of sp³-hybridized carbons (Fsp3) is 0.0556. The van der Waals surface area contributed by atoms with E-state index in [0.29, 0.717) is 36.0 Å². The fourth-order valence-electron chi connectivity index (χ4n) is 5.41. The molecule has 0 radical (unpaired) electrons. The monoisotopic (exact) mass is 912 g/mol. The summed E-state index contributed by atoms with van der Waals surface area (Å²) < 4.78 is 146. The fourth-order valence-corrected chi connectivity index (χ4v) is 9.43. The van der Waals surface area contributed by atoms with E-state index in [4.69, 9.17) is 23.2 Å². The Morgan fingerprint density at radius 2 is 0.881 bits per heavy atom. The lowest BCUT2D eigenvalue weighted by Gasteiger charge is -2.23. The van der Waals surface area contributed by atoms with E-state index < -0.39 is 120 Å². The molecule has 0 aliphatic heterocycles. The van der Waals surface area contributed by atoms with Gasteiger partial charge in [0, 0.05) is 12.4 Å². The van der Waals surface area contributed by atoms with Gasteiger partial charge in [0.25, 0.3) is 20.0 Å². The van der Waals surface area contributed by atoms with Gasteiger partial charge in [-0.25, -0.2) is 63.1 Å². The van der Waals surface area contributed by atoms with E-state index in [-0.39, 0.29) is 11.4 Å². The minimum atomic E-state index is -5.14. The summed E-state index contributed by atoms with van der Waals surface area (Å²) >= 11 is 12.4. The molecule has 2 aromatic heterocycles. The zero-order chi connectivity index (χ0) is 42.8. The molecule has 0 aliphatic carbocycles. The molecule has 59 heavy (non-hydrogen) atoms. The second kappa shape index (κ2) is 17.3. The van der Waals surface area contributed by atoms with Crippen molar-refractivity contribution in [1.82, 2.24) is 19.9 Å². The van der Waals surface area contributed by atoms with Crippen molar-refractivity contribution < 1.29 is 52.8 Å². The van der Waals surface area contributed by atoms with Crippen LogP contribution in [0, 0.1) is 34.9 Å². The minimum Gasteiger partial charge on any atom is -0.292 e. The zero-order valence-corrected chi connectivity index (χ0v) is 32.8. The summed E-state index contributed by atoms with van der Waals surface area (Å²) in [5.74, 6) is -11.5. The number of hydrogen-bond donors (Lipinski definition) is 2. The summed E-state index contributed by atoms with van der Waals surface area (Å²) in [6.45, 7) is 0. The van der Waals surface area contributed by atoms with E-state index in [1.807, 2.05) is 0 Å². The van der Waals surface area contributed by atoms with Crippen LogP contribution >= 0.6 is 35.0 Å². The molecule has 2 atom stereocenters. The molecule has 0 fully saturated rings. The van der Waals surface area contributed by atoms with Crippen molar-refractivity contribution in [3.05, 3.63) is 165 Å². The average molecular weight is 914 g/mol. The molecular formula is C36H20Cl2F6N6O6S3. The Bertz CT molecular complexity index is 2650. The van der Waals surface area contributed by atoms with Gasteiger partial charge in [-0.3, -0.25) is 19.0 Å². The van der Waals surface area contributed by atoms with E-state index in [2.05, 4.69) is 19.9 Å². The molecule has 6 rings (SSSR count). The third kappa shape index (κ3) is 9.18. The number of anilines is 2.